The molecule has 0 saturated carbocycles. The van der Waals surface area contributed by atoms with E-state index in [1.165, 1.54) is 0 Å². The average molecular weight is 265 g/mol. The molecule has 2 aromatic carbocycles. The van der Waals surface area contributed by atoms with Crippen molar-refractivity contribution in [2.45, 2.75) is 0 Å². The molecular weight excluding hydrogens is 259 g/mol. The molecule has 1 aromatic heterocycles. The van der Waals surface area contributed by atoms with Crippen molar-refractivity contribution in [1.82, 2.24) is 5.10 Å². The maximum Gasteiger partial charge on any atom is 0.252 e. The second-order valence-electron chi connectivity index (χ2n) is 3.70. The van der Waals surface area contributed by atoms with E-state index in [-0.39, 0.29) is 0 Å². The molecule has 0 atom stereocenters. The third kappa shape index (κ3) is 1.68. The first-order chi connectivity index (χ1) is 8.15. The zero-order valence-electron chi connectivity index (χ0n) is 8.52. The second kappa shape index (κ2) is 3.72. The van der Waals surface area contributed by atoms with E-state index < -0.39 is 0 Å². The van der Waals surface area contributed by atoms with E-state index in [2.05, 4.69) is 5.10 Å². The third-order valence-electron chi connectivity index (χ3n) is 2.61. The van der Waals surface area contributed by atoms with E-state index in [1.54, 1.807) is 36.4 Å². The Labute approximate surface area is 107 Å². The van der Waals surface area contributed by atoms with Crippen molar-refractivity contribution in [1.29, 1.82) is 0 Å². The van der Waals surface area contributed by atoms with Crippen molar-refractivity contribution in [2.75, 3.05) is 0 Å². The average Bonchev–Trinajstić information content (AvgIpc) is 2.30. The molecule has 0 unspecified atom stereocenters. The molecule has 0 radical (unpaired) electrons. The number of nitrogens with zero attached hydrogens (tertiary/aromatic N) is 2. The van der Waals surface area contributed by atoms with E-state index in [0.717, 1.165) is 10.8 Å². The number of hydrogen-bond donors (Lipinski definition) is 0. The zero-order valence-corrected chi connectivity index (χ0v) is 10.0. The van der Waals surface area contributed by atoms with Crippen LogP contribution in [-0.4, -0.2) is 5.10 Å². The minimum Gasteiger partial charge on any atom is -0.594 e. The lowest BCUT2D eigenvalue weighted by Gasteiger charge is -2.04. The molecule has 0 bridgehead atoms. The van der Waals surface area contributed by atoms with Gasteiger partial charge in [0.2, 0.25) is 0 Å². The molecule has 0 saturated heterocycles. The predicted octanol–water partition coefficient (Wildman–Crippen LogP) is 3.33. The molecule has 3 nitrogen and oxygen atoms in total. The van der Waals surface area contributed by atoms with Gasteiger partial charge in [-0.15, -0.1) is 0 Å². The van der Waals surface area contributed by atoms with Gasteiger partial charge in [-0.3, -0.25) is 0 Å². The summed E-state index contributed by atoms with van der Waals surface area (Å²) in [7, 11) is 0. The first-order valence-corrected chi connectivity index (χ1v) is 5.69. The first-order valence-electron chi connectivity index (χ1n) is 4.93. The minimum atomic E-state index is 0.476. The van der Waals surface area contributed by atoms with Crippen LogP contribution in [0.15, 0.2) is 36.4 Å². The fourth-order valence-corrected chi connectivity index (χ4v) is 2.20. The van der Waals surface area contributed by atoms with Crippen LogP contribution in [0.2, 0.25) is 10.0 Å². The normalized spacial score (nSPS) is 11.2. The summed E-state index contributed by atoms with van der Waals surface area (Å²) in [4.78, 5) is 0.599. The Hall–Kier alpha value is -1.58. The summed E-state index contributed by atoms with van der Waals surface area (Å²) in [5.41, 5.74) is 1.07. The lowest BCUT2D eigenvalue weighted by Crippen LogP contribution is -2.31. The standard InChI is InChI=1S/C12H6Cl2N2O/c13-7-1-3-11-9(5-7)10-6-8(14)2-4-12(10)16(17)15-11/h1-6H. The molecule has 0 aliphatic rings. The van der Waals surface area contributed by atoms with Crippen LogP contribution in [-0.2, 0) is 0 Å². The van der Waals surface area contributed by atoms with Crippen LogP contribution in [0, 0.1) is 5.21 Å². The summed E-state index contributed by atoms with van der Waals surface area (Å²) in [6.07, 6.45) is 0. The van der Waals surface area contributed by atoms with Crippen LogP contribution < -0.4 is 4.85 Å². The molecular formula is C12H6Cl2N2O. The molecule has 17 heavy (non-hydrogen) atoms. The van der Waals surface area contributed by atoms with Crippen LogP contribution in [0.4, 0.5) is 0 Å². The lowest BCUT2D eigenvalue weighted by atomic mass is 10.1. The Kier molecular flexibility index (Phi) is 2.31. The maximum absolute atomic E-state index is 11.7. The predicted molar refractivity (Wildman–Crippen MR) is 68.2 cm³/mol. The van der Waals surface area contributed by atoms with Gasteiger partial charge in [0, 0.05) is 26.6 Å². The van der Waals surface area contributed by atoms with E-state index in [4.69, 9.17) is 23.2 Å². The van der Waals surface area contributed by atoms with E-state index >= 15 is 0 Å². The van der Waals surface area contributed by atoms with Crippen molar-refractivity contribution in [3.8, 4) is 0 Å². The van der Waals surface area contributed by atoms with Crippen LogP contribution >= 0.6 is 23.2 Å². The molecule has 1 heterocycles. The largest absolute Gasteiger partial charge is 0.594 e. The van der Waals surface area contributed by atoms with Crippen LogP contribution in [0.3, 0.4) is 0 Å². The van der Waals surface area contributed by atoms with Crippen LogP contribution in [0.1, 0.15) is 0 Å². The van der Waals surface area contributed by atoms with E-state index in [9.17, 15) is 5.21 Å². The Morgan fingerprint density at radius 1 is 0.941 bits per heavy atom. The summed E-state index contributed by atoms with van der Waals surface area (Å²) >= 11 is 11.9. The highest BCUT2D eigenvalue weighted by Gasteiger charge is 2.11. The van der Waals surface area contributed by atoms with Gasteiger partial charge in [0.15, 0.2) is 0 Å². The van der Waals surface area contributed by atoms with Crippen molar-refractivity contribution in [3.63, 3.8) is 0 Å². The molecule has 3 rings (SSSR count). The summed E-state index contributed by atoms with van der Waals surface area (Å²) in [5.74, 6) is 0. The zero-order chi connectivity index (χ0) is 12.0. The van der Waals surface area contributed by atoms with Crippen LogP contribution in [0.25, 0.3) is 21.8 Å². The highest BCUT2D eigenvalue weighted by Crippen LogP contribution is 2.26. The minimum absolute atomic E-state index is 0.476. The second-order valence-corrected chi connectivity index (χ2v) is 4.57. The summed E-state index contributed by atoms with van der Waals surface area (Å²) in [6, 6.07) is 10.3. The smallest absolute Gasteiger partial charge is 0.252 e. The number of fused-ring (bicyclic) bond motifs is 3. The van der Waals surface area contributed by atoms with Gasteiger partial charge in [-0.1, -0.05) is 23.2 Å². The number of benzene rings is 2. The number of rotatable bonds is 0. The van der Waals surface area contributed by atoms with Gasteiger partial charge < -0.3 is 5.21 Å². The molecule has 0 spiro atoms. The summed E-state index contributed by atoms with van der Waals surface area (Å²) < 4.78 is 0. The summed E-state index contributed by atoms with van der Waals surface area (Å²) in [5, 5.41) is 18.4. The van der Waals surface area contributed by atoms with Gasteiger partial charge >= 0.3 is 0 Å². The van der Waals surface area contributed by atoms with Crippen molar-refractivity contribution in [2.24, 2.45) is 0 Å². The van der Waals surface area contributed by atoms with Crippen molar-refractivity contribution < 1.29 is 4.85 Å². The topological polar surface area (TPSA) is 39.8 Å². The third-order valence-corrected chi connectivity index (χ3v) is 3.08. The van der Waals surface area contributed by atoms with Gasteiger partial charge in [-0.05, 0) is 35.2 Å². The molecule has 0 aliphatic carbocycles. The SMILES string of the molecule is [O-][n+]1nc2ccc(Cl)cc2c2cc(Cl)ccc21. The van der Waals surface area contributed by atoms with Gasteiger partial charge in [0.05, 0.1) is 5.39 Å². The Bertz CT molecular complexity index is 743. The molecule has 0 fully saturated rings. The van der Waals surface area contributed by atoms with E-state index in [1.807, 2.05) is 0 Å². The van der Waals surface area contributed by atoms with Gasteiger partial charge in [0.25, 0.3) is 5.52 Å². The molecule has 0 aliphatic heterocycles. The maximum atomic E-state index is 11.7. The lowest BCUT2D eigenvalue weighted by molar-refractivity contribution is -0.639. The van der Waals surface area contributed by atoms with Crippen molar-refractivity contribution in [3.05, 3.63) is 51.7 Å². The molecule has 3 aromatic rings. The van der Waals surface area contributed by atoms with Crippen molar-refractivity contribution >= 4 is 45.0 Å². The Morgan fingerprint density at radius 3 is 2.35 bits per heavy atom. The van der Waals surface area contributed by atoms with Gasteiger partial charge in [-0.2, -0.15) is 0 Å². The molecule has 0 N–H and O–H groups in total. The van der Waals surface area contributed by atoms with E-state index in [0.29, 0.717) is 25.9 Å². The number of halogens is 2. The van der Waals surface area contributed by atoms with Crippen LogP contribution in [0.5, 0.6) is 0 Å². The summed E-state index contributed by atoms with van der Waals surface area (Å²) in [6.45, 7) is 0. The molecule has 84 valence electrons. The molecule has 0 amide bonds. The highest BCUT2D eigenvalue weighted by molar-refractivity contribution is 6.32. The Morgan fingerprint density at radius 2 is 1.59 bits per heavy atom. The monoisotopic (exact) mass is 264 g/mol. The number of hydrogen-bond acceptors (Lipinski definition) is 2. The first kappa shape index (κ1) is 10.6. The fraction of sp³-hybridized carbons (Fsp3) is 0. The Balaban J connectivity index is 2.59. The number of aromatic nitrogens is 2. The van der Waals surface area contributed by atoms with Gasteiger partial charge in [-0.25, -0.2) is 0 Å². The molecule has 5 heteroatoms. The quantitative estimate of drug-likeness (QED) is 0.355. The highest BCUT2D eigenvalue weighted by atomic mass is 35.5. The van der Waals surface area contributed by atoms with Gasteiger partial charge in [0.1, 0.15) is 5.52 Å². The fourth-order valence-electron chi connectivity index (χ4n) is 1.85.